The SMILES string of the molecule is CCN(CC)c1ccc(/C=C/c2nc3c(c(=O)n(CC)c(=O)n3CC)n2C)cc1. The molecule has 0 saturated heterocycles. The summed E-state index contributed by atoms with van der Waals surface area (Å²) in [6.07, 6.45) is 3.85. The van der Waals surface area contributed by atoms with E-state index in [1.165, 1.54) is 10.3 Å². The number of aryl methyl sites for hydroxylation is 2. The fraction of sp³-hybridized carbons (Fsp3) is 0.409. The van der Waals surface area contributed by atoms with Crippen molar-refractivity contribution in [3.8, 4) is 0 Å². The Balaban J connectivity index is 2.03. The molecule has 0 amide bonds. The molecule has 7 heteroatoms. The second-order valence-electron chi connectivity index (χ2n) is 6.87. The van der Waals surface area contributed by atoms with Crippen LogP contribution in [0.5, 0.6) is 0 Å². The van der Waals surface area contributed by atoms with Crippen LogP contribution in [0, 0.1) is 0 Å². The first-order valence-corrected chi connectivity index (χ1v) is 10.2. The van der Waals surface area contributed by atoms with Crippen LogP contribution in [0.3, 0.4) is 0 Å². The number of rotatable bonds is 7. The molecule has 3 rings (SSSR count). The fourth-order valence-corrected chi connectivity index (χ4v) is 3.65. The van der Waals surface area contributed by atoms with Crippen LogP contribution in [0.2, 0.25) is 0 Å². The van der Waals surface area contributed by atoms with E-state index in [2.05, 4.69) is 48.0 Å². The molecule has 0 fully saturated rings. The van der Waals surface area contributed by atoms with Crippen molar-refractivity contribution in [2.45, 2.75) is 40.8 Å². The first kappa shape index (κ1) is 20.6. The van der Waals surface area contributed by atoms with E-state index in [9.17, 15) is 9.59 Å². The summed E-state index contributed by atoms with van der Waals surface area (Å²) in [5.41, 5.74) is 2.52. The Kier molecular flexibility index (Phi) is 6.06. The van der Waals surface area contributed by atoms with Gasteiger partial charge >= 0.3 is 5.69 Å². The smallest absolute Gasteiger partial charge is 0.332 e. The van der Waals surface area contributed by atoms with Gasteiger partial charge in [0.05, 0.1) is 0 Å². The quantitative estimate of drug-likeness (QED) is 0.617. The predicted molar refractivity (Wildman–Crippen MR) is 120 cm³/mol. The van der Waals surface area contributed by atoms with E-state index in [1.54, 1.807) is 16.1 Å². The summed E-state index contributed by atoms with van der Waals surface area (Å²) in [5.74, 6) is 0.639. The summed E-state index contributed by atoms with van der Waals surface area (Å²) in [5, 5.41) is 0. The largest absolute Gasteiger partial charge is 0.372 e. The fourth-order valence-electron chi connectivity index (χ4n) is 3.65. The lowest BCUT2D eigenvalue weighted by atomic mass is 10.2. The molecule has 0 spiro atoms. The van der Waals surface area contributed by atoms with Crippen LogP contribution >= 0.6 is 0 Å². The van der Waals surface area contributed by atoms with Crippen molar-refractivity contribution in [2.24, 2.45) is 7.05 Å². The van der Waals surface area contributed by atoms with E-state index in [-0.39, 0.29) is 11.2 Å². The average molecular weight is 396 g/mol. The molecule has 0 saturated carbocycles. The number of aromatic nitrogens is 4. The van der Waals surface area contributed by atoms with Crippen molar-refractivity contribution in [3.63, 3.8) is 0 Å². The maximum atomic E-state index is 12.8. The lowest BCUT2D eigenvalue weighted by Crippen LogP contribution is -2.39. The van der Waals surface area contributed by atoms with Crippen LogP contribution in [0.1, 0.15) is 39.1 Å². The summed E-state index contributed by atoms with van der Waals surface area (Å²) < 4.78 is 4.57. The first-order valence-electron chi connectivity index (χ1n) is 10.2. The molecule has 0 radical (unpaired) electrons. The maximum Gasteiger partial charge on any atom is 0.332 e. The molecule has 7 nitrogen and oxygen atoms in total. The van der Waals surface area contributed by atoms with E-state index < -0.39 is 0 Å². The molecule has 1 aromatic carbocycles. The summed E-state index contributed by atoms with van der Waals surface area (Å²) in [6.45, 7) is 10.7. The molecule has 0 aliphatic heterocycles. The van der Waals surface area contributed by atoms with Crippen molar-refractivity contribution >= 4 is 29.0 Å². The summed E-state index contributed by atoms with van der Waals surface area (Å²) in [6, 6.07) is 8.35. The molecule has 154 valence electrons. The number of benzene rings is 1. The second-order valence-corrected chi connectivity index (χ2v) is 6.87. The van der Waals surface area contributed by atoms with Crippen LogP contribution < -0.4 is 16.1 Å². The highest BCUT2D eigenvalue weighted by Gasteiger charge is 2.17. The standard InChI is InChI=1S/C22H29N5O2/c1-6-25(7-2)17-13-10-16(11-14-17)12-15-18-23-20-19(24(18)5)21(28)27(9-4)22(29)26(20)8-3/h10-15H,6-9H2,1-5H3/b15-12+. The van der Waals surface area contributed by atoms with E-state index in [1.807, 2.05) is 26.1 Å². The predicted octanol–water partition coefficient (Wildman–Crippen LogP) is 2.95. The van der Waals surface area contributed by atoms with E-state index in [4.69, 9.17) is 0 Å². The molecule has 0 atom stereocenters. The molecule has 0 aliphatic rings. The van der Waals surface area contributed by atoms with Gasteiger partial charge in [-0.2, -0.15) is 0 Å². The number of anilines is 1. The van der Waals surface area contributed by atoms with Gasteiger partial charge in [0.2, 0.25) is 0 Å². The molecule has 0 unspecified atom stereocenters. The van der Waals surface area contributed by atoms with Gasteiger partial charge in [-0.3, -0.25) is 13.9 Å². The normalized spacial score (nSPS) is 11.6. The Morgan fingerprint density at radius 1 is 0.931 bits per heavy atom. The van der Waals surface area contributed by atoms with Gasteiger partial charge in [0.1, 0.15) is 5.82 Å². The number of fused-ring (bicyclic) bond motifs is 1. The summed E-state index contributed by atoms with van der Waals surface area (Å²) in [4.78, 5) is 32.2. The van der Waals surface area contributed by atoms with E-state index >= 15 is 0 Å². The number of imidazole rings is 1. The van der Waals surface area contributed by atoms with Crippen LogP contribution in [0.25, 0.3) is 23.3 Å². The molecule has 0 bridgehead atoms. The topological polar surface area (TPSA) is 65.1 Å². The zero-order valence-corrected chi connectivity index (χ0v) is 17.8. The minimum absolute atomic E-state index is 0.296. The zero-order valence-electron chi connectivity index (χ0n) is 17.8. The third kappa shape index (κ3) is 3.64. The molecular weight excluding hydrogens is 366 g/mol. The number of hydrogen-bond donors (Lipinski definition) is 0. The molecule has 0 aliphatic carbocycles. The Hall–Kier alpha value is -3.09. The Morgan fingerprint density at radius 3 is 2.10 bits per heavy atom. The monoisotopic (exact) mass is 395 g/mol. The van der Waals surface area contributed by atoms with Gasteiger partial charge in [0.25, 0.3) is 5.56 Å². The van der Waals surface area contributed by atoms with Crippen LogP contribution in [-0.4, -0.2) is 31.8 Å². The Morgan fingerprint density at radius 2 is 1.55 bits per heavy atom. The molecule has 2 heterocycles. The average Bonchev–Trinajstić information content (AvgIpc) is 3.05. The number of hydrogen-bond acceptors (Lipinski definition) is 4. The van der Waals surface area contributed by atoms with Crippen LogP contribution in [0.4, 0.5) is 5.69 Å². The first-order chi connectivity index (χ1) is 14.0. The van der Waals surface area contributed by atoms with Gasteiger partial charge in [-0.1, -0.05) is 18.2 Å². The van der Waals surface area contributed by atoms with Crippen LogP contribution in [-0.2, 0) is 20.1 Å². The molecule has 2 aromatic heterocycles. The highest BCUT2D eigenvalue weighted by Crippen LogP contribution is 2.17. The highest BCUT2D eigenvalue weighted by molar-refractivity contribution is 5.76. The van der Waals surface area contributed by atoms with E-state index in [0.29, 0.717) is 30.1 Å². The van der Waals surface area contributed by atoms with Crippen molar-refractivity contribution < 1.29 is 0 Å². The molecule has 3 aromatic rings. The summed E-state index contributed by atoms with van der Waals surface area (Å²) in [7, 11) is 1.81. The molecular formula is C22H29N5O2. The van der Waals surface area contributed by atoms with Crippen molar-refractivity contribution in [3.05, 3.63) is 56.5 Å². The minimum atomic E-state index is -0.312. The van der Waals surface area contributed by atoms with Gasteiger partial charge in [0.15, 0.2) is 11.2 Å². The zero-order chi connectivity index (χ0) is 21.1. The molecule has 29 heavy (non-hydrogen) atoms. The van der Waals surface area contributed by atoms with Crippen molar-refractivity contribution in [1.82, 2.24) is 18.7 Å². The Bertz CT molecular complexity index is 1150. The minimum Gasteiger partial charge on any atom is -0.372 e. The Labute approximate surface area is 170 Å². The van der Waals surface area contributed by atoms with Gasteiger partial charge in [-0.15, -0.1) is 0 Å². The number of nitrogens with zero attached hydrogens (tertiary/aromatic N) is 5. The summed E-state index contributed by atoms with van der Waals surface area (Å²) >= 11 is 0. The second kappa shape index (κ2) is 8.51. The van der Waals surface area contributed by atoms with Crippen molar-refractivity contribution in [1.29, 1.82) is 0 Å². The molecule has 0 N–H and O–H groups in total. The third-order valence-corrected chi connectivity index (χ3v) is 5.36. The lowest BCUT2D eigenvalue weighted by molar-refractivity contribution is 0.604. The van der Waals surface area contributed by atoms with Gasteiger partial charge in [-0.25, -0.2) is 9.78 Å². The van der Waals surface area contributed by atoms with E-state index in [0.717, 1.165) is 18.7 Å². The highest BCUT2D eigenvalue weighted by atomic mass is 16.2. The lowest BCUT2D eigenvalue weighted by Gasteiger charge is -2.20. The third-order valence-electron chi connectivity index (χ3n) is 5.36. The maximum absolute atomic E-state index is 12.8. The van der Waals surface area contributed by atoms with Crippen molar-refractivity contribution in [2.75, 3.05) is 18.0 Å². The van der Waals surface area contributed by atoms with Gasteiger partial charge in [0, 0.05) is 38.9 Å². The van der Waals surface area contributed by atoms with Gasteiger partial charge < -0.3 is 9.47 Å². The van der Waals surface area contributed by atoms with Crippen LogP contribution in [0.15, 0.2) is 33.9 Å². The van der Waals surface area contributed by atoms with Gasteiger partial charge in [-0.05, 0) is 51.5 Å².